The predicted octanol–water partition coefficient (Wildman–Crippen LogP) is 2.40. The van der Waals surface area contributed by atoms with Crippen molar-refractivity contribution in [1.82, 2.24) is 9.97 Å². The number of aromatic nitrogens is 2. The predicted molar refractivity (Wildman–Crippen MR) is 75.1 cm³/mol. The quantitative estimate of drug-likeness (QED) is 0.852. The van der Waals surface area contributed by atoms with E-state index in [1.54, 1.807) is 0 Å². The van der Waals surface area contributed by atoms with Gasteiger partial charge >= 0.3 is 0 Å². The summed E-state index contributed by atoms with van der Waals surface area (Å²) < 4.78 is 0. The minimum atomic E-state index is 0.242. The molecule has 100 valence electrons. The van der Waals surface area contributed by atoms with Gasteiger partial charge in [-0.2, -0.15) is 0 Å². The highest BCUT2D eigenvalue weighted by Gasteiger charge is 2.18. The lowest BCUT2D eigenvalue weighted by Gasteiger charge is -2.31. The van der Waals surface area contributed by atoms with E-state index >= 15 is 0 Å². The van der Waals surface area contributed by atoms with Crippen LogP contribution in [0.2, 0.25) is 5.28 Å². The van der Waals surface area contributed by atoms with Crippen molar-refractivity contribution in [2.24, 2.45) is 5.73 Å². The van der Waals surface area contributed by atoms with Gasteiger partial charge in [0, 0.05) is 30.9 Å². The number of nitrogens with two attached hydrogens (primary N) is 1. The molecule has 0 aromatic carbocycles. The van der Waals surface area contributed by atoms with Crippen molar-refractivity contribution < 1.29 is 0 Å². The van der Waals surface area contributed by atoms with Crippen molar-refractivity contribution in [3.63, 3.8) is 0 Å². The number of hydrogen-bond donors (Lipinski definition) is 1. The molecule has 2 heterocycles. The number of halogens is 1. The van der Waals surface area contributed by atoms with Crippen molar-refractivity contribution in [2.45, 2.75) is 45.1 Å². The second-order valence-corrected chi connectivity index (χ2v) is 5.28. The van der Waals surface area contributed by atoms with Gasteiger partial charge in [0.2, 0.25) is 5.28 Å². The van der Waals surface area contributed by atoms with E-state index in [0.29, 0.717) is 5.28 Å². The Kier molecular flexibility index (Phi) is 4.78. The number of anilines is 1. The van der Waals surface area contributed by atoms with Gasteiger partial charge in [0.15, 0.2) is 0 Å². The number of hydrogen-bond acceptors (Lipinski definition) is 4. The summed E-state index contributed by atoms with van der Waals surface area (Å²) in [4.78, 5) is 10.8. The summed E-state index contributed by atoms with van der Waals surface area (Å²) in [6.45, 7) is 4.04. The van der Waals surface area contributed by atoms with E-state index in [4.69, 9.17) is 17.3 Å². The smallest absolute Gasteiger partial charge is 0.224 e. The zero-order valence-corrected chi connectivity index (χ0v) is 11.7. The average molecular weight is 269 g/mol. The number of unbranched alkanes of at least 4 members (excludes halogenated alkanes) is 1. The Hall–Kier alpha value is -0.870. The second kappa shape index (κ2) is 6.34. The molecule has 1 aromatic rings. The Morgan fingerprint density at radius 3 is 3.06 bits per heavy atom. The topological polar surface area (TPSA) is 55.0 Å². The molecule has 5 heteroatoms. The van der Waals surface area contributed by atoms with Crippen molar-refractivity contribution in [2.75, 3.05) is 18.0 Å². The minimum Gasteiger partial charge on any atom is -0.355 e. The van der Waals surface area contributed by atoms with Crippen LogP contribution in [0, 0.1) is 0 Å². The van der Waals surface area contributed by atoms with Crippen LogP contribution in [-0.2, 0) is 6.42 Å². The van der Waals surface area contributed by atoms with Crippen LogP contribution in [0.15, 0.2) is 6.07 Å². The third kappa shape index (κ3) is 3.56. The summed E-state index contributed by atoms with van der Waals surface area (Å²) in [6, 6.07) is 2.30. The molecule has 1 fully saturated rings. The number of aryl methyl sites for hydroxylation is 1. The lowest BCUT2D eigenvalue weighted by Crippen LogP contribution is -2.43. The van der Waals surface area contributed by atoms with E-state index in [1.165, 1.54) is 0 Å². The summed E-state index contributed by atoms with van der Waals surface area (Å²) in [5, 5.41) is 0.345. The average Bonchev–Trinajstić information content (AvgIpc) is 2.36. The van der Waals surface area contributed by atoms with E-state index < -0.39 is 0 Å². The first-order chi connectivity index (χ1) is 8.69. The molecule has 4 nitrogen and oxygen atoms in total. The molecule has 2 rings (SSSR count). The van der Waals surface area contributed by atoms with Crippen LogP contribution >= 0.6 is 11.6 Å². The van der Waals surface area contributed by atoms with E-state index in [9.17, 15) is 0 Å². The molecule has 1 aliphatic heterocycles. The third-order valence-electron chi connectivity index (χ3n) is 3.31. The second-order valence-electron chi connectivity index (χ2n) is 4.94. The largest absolute Gasteiger partial charge is 0.355 e. The molecule has 1 unspecified atom stereocenters. The minimum absolute atomic E-state index is 0.242. The van der Waals surface area contributed by atoms with Crippen molar-refractivity contribution >= 4 is 17.4 Å². The number of piperidine rings is 1. The normalized spacial score (nSPS) is 20.2. The molecule has 18 heavy (non-hydrogen) atoms. The summed E-state index contributed by atoms with van der Waals surface area (Å²) in [7, 11) is 0. The fourth-order valence-corrected chi connectivity index (χ4v) is 2.51. The molecule has 1 aliphatic rings. The van der Waals surface area contributed by atoms with Crippen LogP contribution in [-0.4, -0.2) is 29.1 Å². The van der Waals surface area contributed by atoms with Crippen LogP contribution in [0.3, 0.4) is 0 Å². The molecule has 0 bridgehead atoms. The fourth-order valence-electron chi connectivity index (χ4n) is 2.32. The number of nitrogens with zero attached hydrogens (tertiary/aromatic N) is 3. The van der Waals surface area contributed by atoms with Gasteiger partial charge in [-0.05, 0) is 37.3 Å². The first-order valence-corrected chi connectivity index (χ1v) is 7.11. The zero-order valence-electron chi connectivity index (χ0n) is 10.9. The molecular formula is C13H21ClN4. The maximum atomic E-state index is 6.00. The first kappa shape index (κ1) is 13.6. The van der Waals surface area contributed by atoms with Crippen LogP contribution in [0.25, 0.3) is 0 Å². The Labute approximate surface area is 114 Å². The zero-order chi connectivity index (χ0) is 13.0. The van der Waals surface area contributed by atoms with Gasteiger partial charge in [-0.15, -0.1) is 0 Å². The Bertz CT molecular complexity index is 397. The Balaban J connectivity index is 2.13. The molecule has 0 saturated carbocycles. The molecule has 1 atom stereocenters. The van der Waals surface area contributed by atoms with Crippen LogP contribution in [0.1, 0.15) is 38.3 Å². The van der Waals surface area contributed by atoms with E-state index in [2.05, 4.69) is 27.9 Å². The van der Waals surface area contributed by atoms with Gasteiger partial charge in [0.25, 0.3) is 0 Å². The highest BCUT2D eigenvalue weighted by Crippen LogP contribution is 2.20. The summed E-state index contributed by atoms with van der Waals surface area (Å²) in [5.74, 6) is 0.927. The van der Waals surface area contributed by atoms with E-state index in [-0.39, 0.29) is 6.04 Å². The Morgan fingerprint density at radius 1 is 1.50 bits per heavy atom. The highest BCUT2D eigenvalue weighted by molar-refractivity contribution is 6.28. The highest BCUT2D eigenvalue weighted by atomic mass is 35.5. The van der Waals surface area contributed by atoms with Crippen LogP contribution in [0.4, 0.5) is 5.82 Å². The van der Waals surface area contributed by atoms with E-state index in [0.717, 1.165) is 56.7 Å². The Morgan fingerprint density at radius 2 is 2.33 bits per heavy atom. The maximum absolute atomic E-state index is 6.00. The van der Waals surface area contributed by atoms with Crippen LogP contribution < -0.4 is 10.6 Å². The van der Waals surface area contributed by atoms with Crippen molar-refractivity contribution in [3.05, 3.63) is 17.0 Å². The molecule has 2 N–H and O–H groups in total. The molecule has 0 amide bonds. The molecule has 0 aliphatic carbocycles. The van der Waals surface area contributed by atoms with Gasteiger partial charge in [-0.1, -0.05) is 13.3 Å². The molecule has 1 saturated heterocycles. The van der Waals surface area contributed by atoms with E-state index in [1.807, 2.05) is 0 Å². The van der Waals surface area contributed by atoms with Gasteiger partial charge < -0.3 is 10.6 Å². The van der Waals surface area contributed by atoms with Crippen LogP contribution in [0.5, 0.6) is 0 Å². The molecule has 1 aromatic heterocycles. The lowest BCUT2D eigenvalue weighted by atomic mass is 10.1. The summed E-state index contributed by atoms with van der Waals surface area (Å²) in [6.07, 6.45) is 5.47. The summed E-state index contributed by atoms with van der Waals surface area (Å²) in [5.41, 5.74) is 7.03. The van der Waals surface area contributed by atoms with Crippen molar-refractivity contribution in [3.8, 4) is 0 Å². The fraction of sp³-hybridized carbons (Fsp3) is 0.692. The SMILES string of the molecule is CCCCc1cc(N2CCCC(N)C2)nc(Cl)n1. The first-order valence-electron chi connectivity index (χ1n) is 6.73. The van der Waals surface area contributed by atoms with Gasteiger partial charge in [-0.25, -0.2) is 9.97 Å². The van der Waals surface area contributed by atoms with Gasteiger partial charge in [0.05, 0.1) is 0 Å². The monoisotopic (exact) mass is 268 g/mol. The third-order valence-corrected chi connectivity index (χ3v) is 3.48. The molecule has 0 spiro atoms. The van der Waals surface area contributed by atoms with Crippen molar-refractivity contribution in [1.29, 1.82) is 0 Å². The maximum Gasteiger partial charge on any atom is 0.224 e. The molecule has 0 radical (unpaired) electrons. The van der Waals surface area contributed by atoms with Gasteiger partial charge in [-0.3, -0.25) is 0 Å². The molecular weight excluding hydrogens is 248 g/mol. The van der Waals surface area contributed by atoms with Gasteiger partial charge in [0.1, 0.15) is 5.82 Å². The summed E-state index contributed by atoms with van der Waals surface area (Å²) >= 11 is 6.00. The number of rotatable bonds is 4. The lowest BCUT2D eigenvalue weighted by molar-refractivity contribution is 0.502. The standard InChI is InChI=1S/C13H21ClN4/c1-2-3-6-11-8-12(17-13(14)16-11)18-7-4-5-10(15)9-18/h8,10H,2-7,9,15H2,1H3.